The van der Waals surface area contributed by atoms with E-state index in [1.54, 1.807) is 16.9 Å². The van der Waals surface area contributed by atoms with E-state index in [9.17, 15) is 37.1 Å². The molecule has 20 heteroatoms. The average Bonchev–Trinajstić information content (AvgIpc) is 3.14. The number of alkyl halides is 6. The minimum atomic E-state index is -7.29. The van der Waals surface area contributed by atoms with Gasteiger partial charge in [-0.2, -0.15) is 43.2 Å². The quantitative estimate of drug-likeness (QED) is 0.0842. The number of nitrogens with one attached hydrogen (secondary N) is 1. The molecule has 0 atom stereocenters. The summed E-state index contributed by atoms with van der Waals surface area (Å²) in [5.74, 6) is -7.85. The molecule has 0 heterocycles. The first-order chi connectivity index (χ1) is 25.2. The van der Waals surface area contributed by atoms with Crippen molar-refractivity contribution >= 4 is 37.2 Å². The first kappa shape index (κ1) is 41.6. The SMILES string of the molecule is O=[N+]([O-])c1cccc([N+](=O)[O-])c1COS(=O)(=O)C(F)(F)C(F)(F)C(F)(F)S(=O)(=O)Nc1c(C2CCCCC2)cc(C2CCCCC2)cc1C1CCCCC1. The van der Waals surface area contributed by atoms with Gasteiger partial charge in [0.15, 0.2) is 0 Å². The smallest absolute Gasteiger partial charge is 0.278 e. The fraction of sp³-hybridized carbons (Fsp3) is 0.647. The Hall–Kier alpha value is -3.52. The minimum absolute atomic E-state index is 0.0857. The van der Waals surface area contributed by atoms with Crippen LogP contribution in [0.3, 0.4) is 0 Å². The maximum absolute atomic E-state index is 15.7. The highest BCUT2D eigenvalue weighted by Crippen LogP contribution is 2.53. The molecule has 3 saturated carbocycles. The molecule has 3 aliphatic rings. The van der Waals surface area contributed by atoms with E-state index in [2.05, 4.69) is 4.18 Å². The fourth-order valence-corrected chi connectivity index (χ4v) is 9.96. The lowest BCUT2D eigenvalue weighted by atomic mass is 9.75. The summed E-state index contributed by atoms with van der Waals surface area (Å²) >= 11 is 0. The second-order valence-electron chi connectivity index (χ2n) is 14.3. The number of halogens is 6. The zero-order chi connectivity index (χ0) is 39.7. The Morgan fingerprint density at radius 3 is 1.48 bits per heavy atom. The van der Waals surface area contributed by atoms with Gasteiger partial charge in [-0.1, -0.05) is 69.9 Å². The van der Waals surface area contributed by atoms with Crippen LogP contribution in [0.15, 0.2) is 30.3 Å². The van der Waals surface area contributed by atoms with Crippen LogP contribution >= 0.6 is 0 Å². The largest absolute Gasteiger partial charge is 0.439 e. The number of hydrogen-bond donors (Lipinski definition) is 1. The summed E-state index contributed by atoms with van der Waals surface area (Å²) in [4.78, 5) is 20.1. The van der Waals surface area contributed by atoms with E-state index in [4.69, 9.17) is 0 Å². The maximum Gasteiger partial charge on any atom is 0.439 e. The first-order valence-electron chi connectivity index (χ1n) is 17.9. The van der Waals surface area contributed by atoms with Gasteiger partial charge in [-0.25, -0.2) is 0 Å². The molecule has 5 rings (SSSR count). The molecule has 0 aromatic heterocycles. The van der Waals surface area contributed by atoms with Crippen molar-refractivity contribution in [2.45, 2.75) is 137 Å². The molecule has 1 N–H and O–H groups in total. The number of hydrogen-bond acceptors (Lipinski definition) is 9. The van der Waals surface area contributed by atoms with Crippen LogP contribution in [0.1, 0.15) is 136 Å². The van der Waals surface area contributed by atoms with Gasteiger partial charge < -0.3 is 0 Å². The Balaban J connectivity index is 1.54. The van der Waals surface area contributed by atoms with Crippen LogP contribution < -0.4 is 4.72 Å². The van der Waals surface area contributed by atoms with Crippen LogP contribution in [-0.2, 0) is 30.9 Å². The summed E-state index contributed by atoms with van der Waals surface area (Å²) in [6.07, 6.45) is 11.3. The van der Waals surface area contributed by atoms with Crippen LogP contribution in [0.4, 0.5) is 43.4 Å². The second kappa shape index (κ2) is 15.9. The van der Waals surface area contributed by atoms with Crippen molar-refractivity contribution in [2.24, 2.45) is 0 Å². The van der Waals surface area contributed by atoms with E-state index < -0.39 is 75.7 Å². The molecule has 2 aromatic rings. The van der Waals surface area contributed by atoms with E-state index >= 15 is 26.3 Å². The van der Waals surface area contributed by atoms with Gasteiger partial charge in [0, 0.05) is 12.1 Å². The average molecular weight is 814 g/mol. The van der Waals surface area contributed by atoms with Crippen LogP contribution in [0.2, 0.25) is 0 Å². The normalized spacial score (nSPS) is 19.1. The number of anilines is 1. The molecule has 0 spiro atoms. The lowest BCUT2D eigenvalue weighted by Gasteiger charge is -2.34. The molecule has 3 fully saturated rings. The minimum Gasteiger partial charge on any atom is -0.278 e. The Morgan fingerprint density at radius 1 is 0.667 bits per heavy atom. The summed E-state index contributed by atoms with van der Waals surface area (Å²) in [6, 6.07) is 5.37. The summed E-state index contributed by atoms with van der Waals surface area (Å²) in [6.45, 7) is -2.03. The Labute approximate surface area is 308 Å². The predicted octanol–water partition coefficient (Wildman–Crippen LogP) is 9.76. The summed E-state index contributed by atoms with van der Waals surface area (Å²) in [5, 5.41) is 8.92. The second-order valence-corrected chi connectivity index (χ2v) is 17.7. The van der Waals surface area contributed by atoms with E-state index in [-0.39, 0.29) is 17.8 Å². The molecule has 0 radical (unpaired) electrons. The van der Waals surface area contributed by atoms with Crippen molar-refractivity contribution in [3.63, 3.8) is 0 Å². The van der Waals surface area contributed by atoms with Crippen molar-refractivity contribution < 1.29 is 57.2 Å². The number of sulfonamides is 1. The zero-order valence-corrected chi connectivity index (χ0v) is 30.7. The van der Waals surface area contributed by atoms with Gasteiger partial charge in [-0.15, -0.1) is 0 Å². The van der Waals surface area contributed by atoms with E-state index in [0.29, 0.717) is 48.9 Å². The Kier molecular flexibility index (Phi) is 12.3. The van der Waals surface area contributed by atoms with E-state index in [1.807, 2.05) is 0 Å². The zero-order valence-electron chi connectivity index (χ0n) is 29.1. The van der Waals surface area contributed by atoms with Gasteiger partial charge >= 0.3 is 36.6 Å². The molecular formula is C34H41F6N3O9S2. The number of benzene rings is 2. The van der Waals surface area contributed by atoms with Gasteiger partial charge in [0.25, 0.3) is 11.4 Å². The molecule has 2 aromatic carbocycles. The lowest BCUT2D eigenvalue weighted by molar-refractivity contribution is -0.396. The van der Waals surface area contributed by atoms with Gasteiger partial charge in [0.05, 0.1) is 15.5 Å². The summed E-state index contributed by atoms with van der Waals surface area (Å²) in [7, 11) is -14.2. The monoisotopic (exact) mass is 813 g/mol. The lowest BCUT2D eigenvalue weighted by Crippen LogP contribution is -2.62. The highest BCUT2D eigenvalue weighted by atomic mass is 32.2. The number of nitro groups is 2. The highest BCUT2D eigenvalue weighted by molar-refractivity contribution is 7.94. The van der Waals surface area contributed by atoms with Crippen molar-refractivity contribution in [1.29, 1.82) is 0 Å². The molecule has 0 saturated heterocycles. The molecule has 54 heavy (non-hydrogen) atoms. The van der Waals surface area contributed by atoms with Crippen molar-refractivity contribution in [2.75, 3.05) is 4.72 Å². The van der Waals surface area contributed by atoms with E-state index in [1.165, 1.54) is 0 Å². The van der Waals surface area contributed by atoms with Gasteiger partial charge in [0.1, 0.15) is 12.2 Å². The molecule has 0 unspecified atom stereocenters. The number of nitrogens with zero attached hydrogens (tertiary/aromatic N) is 2. The summed E-state index contributed by atoms with van der Waals surface area (Å²) < 4.78 is 150. The first-order valence-corrected chi connectivity index (χ1v) is 20.8. The maximum atomic E-state index is 15.7. The van der Waals surface area contributed by atoms with Gasteiger partial charge in [-0.3, -0.25) is 29.1 Å². The Morgan fingerprint density at radius 2 is 1.07 bits per heavy atom. The molecule has 3 aliphatic carbocycles. The molecule has 12 nitrogen and oxygen atoms in total. The van der Waals surface area contributed by atoms with Crippen molar-refractivity contribution in [3.05, 3.63) is 72.8 Å². The van der Waals surface area contributed by atoms with Crippen LogP contribution in [0.25, 0.3) is 0 Å². The van der Waals surface area contributed by atoms with Crippen LogP contribution in [-0.4, -0.2) is 43.1 Å². The summed E-state index contributed by atoms with van der Waals surface area (Å²) in [5.41, 5.74) is -2.66. The third kappa shape index (κ3) is 7.92. The Bertz CT molecular complexity index is 1880. The third-order valence-corrected chi connectivity index (χ3v) is 13.6. The van der Waals surface area contributed by atoms with Crippen molar-refractivity contribution in [3.8, 4) is 0 Å². The number of rotatable bonds is 14. The van der Waals surface area contributed by atoms with Crippen LogP contribution in [0.5, 0.6) is 0 Å². The standard InChI is InChI=1S/C34H41F6N3O9S2/c35-32(36,34(39,40)54(50,51)52-21-28-29(42(44)45)17-10-18-30(28)43(46)47)33(37,38)53(48,49)41-31-26(23-13-6-2-7-14-23)19-25(22-11-4-1-5-12-22)20-27(31)24-15-8-3-9-16-24/h10,17-20,22-24,41H,1-9,11-16,21H2. The van der Waals surface area contributed by atoms with E-state index in [0.717, 1.165) is 82.3 Å². The fourth-order valence-electron chi connectivity index (χ4n) is 7.93. The highest BCUT2D eigenvalue weighted by Gasteiger charge is 2.82. The number of nitro benzene ring substituents is 2. The molecule has 0 aliphatic heterocycles. The molecule has 0 amide bonds. The van der Waals surface area contributed by atoms with Crippen LogP contribution in [0, 0.1) is 20.2 Å². The van der Waals surface area contributed by atoms with Crippen molar-refractivity contribution in [1.82, 2.24) is 0 Å². The molecular weight excluding hydrogens is 773 g/mol. The predicted molar refractivity (Wildman–Crippen MR) is 185 cm³/mol. The topological polar surface area (TPSA) is 176 Å². The molecule has 0 bridgehead atoms. The molecule has 300 valence electrons. The van der Waals surface area contributed by atoms with Gasteiger partial charge in [-0.05, 0) is 79.0 Å². The van der Waals surface area contributed by atoms with Gasteiger partial charge in [0.2, 0.25) is 0 Å². The third-order valence-electron chi connectivity index (χ3n) is 10.9.